The third-order valence-electron chi connectivity index (χ3n) is 5.64. The smallest absolute Gasteiger partial charge is 0.0414 e. The summed E-state index contributed by atoms with van der Waals surface area (Å²) in [5.74, 6) is 3.30. The molecule has 2 fully saturated rings. The molecule has 18 heavy (non-hydrogen) atoms. The second-order valence-corrected chi connectivity index (χ2v) is 7.11. The van der Waals surface area contributed by atoms with Crippen molar-refractivity contribution in [2.75, 3.05) is 0 Å². The van der Waals surface area contributed by atoms with E-state index in [9.17, 15) is 0 Å². The zero-order valence-electron chi connectivity index (χ0n) is 12.6. The van der Waals surface area contributed by atoms with Crippen LogP contribution in [-0.2, 0) is 0 Å². The van der Waals surface area contributed by atoms with Gasteiger partial charge < -0.3 is 0 Å². The molecule has 106 valence electrons. The van der Waals surface area contributed by atoms with Crippen molar-refractivity contribution in [3.63, 3.8) is 0 Å². The molecule has 0 aliphatic heterocycles. The van der Waals surface area contributed by atoms with Crippen LogP contribution >= 0.6 is 0 Å². The Morgan fingerprint density at radius 1 is 0.611 bits per heavy atom. The third kappa shape index (κ3) is 4.94. The zero-order valence-corrected chi connectivity index (χ0v) is 12.6. The van der Waals surface area contributed by atoms with Crippen molar-refractivity contribution < 1.29 is 0 Å². The fourth-order valence-electron chi connectivity index (χ4n) is 4.25. The Balaban J connectivity index is 1.55. The molecule has 0 bridgehead atoms. The van der Waals surface area contributed by atoms with Crippen LogP contribution in [0.15, 0.2) is 0 Å². The van der Waals surface area contributed by atoms with Crippen molar-refractivity contribution >= 4 is 0 Å². The van der Waals surface area contributed by atoms with Gasteiger partial charge in [-0.05, 0) is 17.8 Å². The first-order chi connectivity index (χ1) is 8.88. The van der Waals surface area contributed by atoms with Crippen LogP contribution < -0.4 is 0 Å². The SMILES string of the molecule is CCCC[C@H]1CC[C@H](CCC2CCCCC2)CC1. The number of hydrogen-bond acceptors (Lipinski definition) is 0. The van der Waals surface area contributed by atoms with Gasteiger partial charge in [0.05, 0.1) is 0 Å². The highest BCUT2D eigenvalue weighted by Gasteiger charge is 2.22. The number of hydrogen-bond donors (Lipinski definition) is 0. The van der Waals surface area contributed by atoms with Gasteiger partial charge in [-0.15, -0.1) is 0 Å². The van der Waals surface area contributed by atoms with Gasteiger partial charge in [0.1, 0.15) is 0 Å². The van der Waals surface area contributed by atoms with E-state index >= 15 is 0 Å². The summed E-state index contributed by atoms with van der Waals surface area (Å²) in [6.45, 7) is 2.33. The van der Waals surface area contributed by atoms with Crippen LogP contribution in [0.2, 0.25) is 0 Å². The average molecular weight is 250 g/mol. The van der Waals surface area contributed by atoms with Gasteiger partial charge in [0.25, 0.3) is 0 Å². The second-order valence-electron chi connectivity index (χ2n) is 7.11. The normalized spacial score (nSPS) is 30.5. The van der Waals surface area contributed by atoms with Crippen LogP contribution in [0, 0.1) is 17.8 Å². The minimum absolute atomic E-state index is 1.09. The Bertz CT molecular complexity index is 194. The van der Waals surface area contributed by atoms with Crippen molar-refractivity contribution in [1.29, 1.82) is 0 Å². The van der Waals surface area contributed by atoms with E-state index in [4.69, 9.17) is 0 Å². The summed E-state index contributed by atoms with van der Waals surface area (Å²) >= 11 is 0. The fraction of sp³-hybridized carbons (Fsp3) is 1.00. The summed E-state index contributed by atoms with van der Waals surface area (Å²) in [5, 5.41) is 0. The molecule has 0 atom stereocenters. The van der Waals surface area contributed by atoms with Crippen LogP contribution in [-0.4, -0.2) is 0 Å². The lowest BCUT2D eigenvalue weighted by Gasteiger charge is -2.30. The Morgan fingerprint density at radius 2 is 1.11 bits per heavy atom. The van der Waals surface area contributed by atoms with Gasteiger partial charge in [-0.25, -0.2) is 0 Å². The van der Waals surface area contributed by atoms with Crippen molar-refractivity contribution in [2.45, 2.75) is 96.8 Å². The first-order valence-corrected chi connectivity index (χ1v) is 8.88. The first-order valence-electron chi connectivity index (χ1n) is 8.88. The molecular weight excluding hydrogens is 216 g/mol. The maximum atomic E-state index is 2.33. The fourth-order valence-corrected chi connectivity index (χ4v) is 4.25. The van der Waals surface area contributed by atoms with Gasteiger partial charge >= 0.3 is 0 Å². The van der Waals surface area contributed by atoms with Crippen LogP contribution in [0.25, 0.3) is 0 Å². The maximum absolute atomic E-state index is 2.33. The highest BCUT2D eigenvalue weighted by molar-refractivity contribution is 4.74. The topological polar surface area (TPSA) is 0 Å². The molecule has 0 heterocycles. The molecule has 0 aromatic carbocycles. The van der Waals surface area contributed by atoms with Gasteiger partial charge in [0.2, 0.25) is 0 Å². The number of unbranched alkanes of at least 4 members (excludes halogenated alkanes) is 1. The molecule has 0 aromatic heterocycles. The molecule has 0 radical (unpaired) electrons. The summed E-state index contributed by atoms with van der Waals surface area (Å²) in [4.78, 5) is 0. The van der Waals surface area contributed by atoms with Gasteiger partial charge in [-0.2, -0.15) is 0 Å². The zero-order chi connectivity index (χ0) is 12.6. The van der Waals surface area contributed by atoms with Crippen molar-refractivity contribution in [3.05, 3.63) is 0 Å². The van der Waals surface area contributed by atoms with Crippen LogP contribution in [0.4, 0.5) is 0 Å². The van der Waals surface area contributed by atoms with E-state index in [-0.39, 0.29) is 0 Å². The molecule has 0 amide bonds. The monoisotopic (exact) mass is 250 g/mol. The molecule has 2 aliphatic rings. The lowest BCUT2D eigenvalue weighted by Crippen LogP contribution is -2.16. The average Bonchev–Trinajstić information content (AvgIpc) is 2.45. The molecule has 2 aliphatic carbocycles. The largest absolute Gasteiger partial charge is 0.0654 e. The summed E-state index contributed by atoms with van der Waals surface area (Å²) in [7, 11) is 0. The van der Waals surface area contributed by atoms with Gasteiger partial charge in [-0.3, -0.25) is 0 Å². The predicted octanol–water partition coefficient (Wildman–Crippen LogP) is 6.34. The van der Waals surface area contributed by atoms with E-state index in [0.29, 0.717) is 0 Å². The van der Waals surface area contributed by atoms with E-state index in [2.05, 4.69) is 6.92 Å². The van der Waals surface area contributed by atoms with E-state index in [1.165, 1.54) is 38.5 Å². The molecule has 2 rings (SSSR count). The standard InChI is InChI=1S/C18H34/c1-2-3-7-17-11-14-18(15-12-17)13-10-16-8-5-4-6-9-16/h16-18H,2-15H2,1H3/t17-,18-. The Kier molecular flexibility index (Phi) is 6.59. The molecule has 0 aromatic rings. The Labute approximate surface area is 115 Å². The highest BCUT2D eigenvalue weighted by Crippen LogP contribution is 2.36. The van der Waals surface area contributed by atoms with Crippen molar-refractivity contribution in [3.8, 4) is 0 Å². The first kappa shape index (κ1) is 14.4. The van der Waals surface area contributed by atoms with E-state index < -0.39 is 0 Å². The van der Waals surface area contributed by atoms with E-state index in [0.717, 1.165) is 17.8 Å². The summed E-state index contributed by atoms with van der Waals surface area (Å²) in [5.41, 5.74) is 0. The van der Waals surface area contributed by atoms with Gasteiger partial charge in [0, 0.05) is 0 Å². The molecule has 2 saturated carbocycles. The maximum Gasteiger partial charge on any atom is -0.0414 e. The highest BCUT2D eigenvalue weighted by atomic mass is 14.3. The van der Waals surface area contributed by atoms with Crippen molar-refractivity contribution in [2.24, 2.45) is 17.8 Å². The lowest BCUT2D eigenvalue weighted by atomic mass is 9.76. The molecule has 0 heteroatoms. The Hall–Kier alpha value is 0. The van der Waals surface area contributed by atoms with E-state index in [1.54, 1.807) is 51.4 Å². The molecule has 0 N–H and O–H groups in total. The Morgan fingerprint density at radius 3 is 1.67 bits per heavy atom. The third-order valence-corrected chi connectivity index (χ3v) is 5.64. The molecule has 0 spiro atoms. The van der Waals surface area contributed by atoms with Gasteiger partial charge in [-0.1, -0.05) is 96.8 Å². The summed E-state index contributed by atoms with van der Waals surface area (Å²) in [6.07, 6.45) is 21.4. The summed E-state index contributed by atoms with van der Waals surface area (Å²) in [6, 6.07) is 0. The van der Waals surface area contributed by atoms with Crippen molar-refractivity contribution in [1.82, 2.24) is 0 Å². The number of rotatable bonds is 6. The van der Waals surface area contributed by atoms with Crippen LogP contribution in [0.5, 0.6) is 0 Å². The van der Waals surface area contributed by atoms with Crippen LogP contribution in [0.3, 0.4) is 0 Å². The molecule has 0 nitrogen and oxygen atoms in total. The minimum atomic E-state index is 1.09. The van der Waals surface area contributed by atoms with Gasteiger partial charge in [0.15, 0.2) is 0 Å². The lowest BCUT2D eigenvalue weighted by molar-refractivity contribution is 0.226. The molecule has 0 unspecified atom stereocenters. The predicted molar refractivity (Wildman–Crippen MR) is 80.8 cm³/mol. The molecule has 0 saturated heterocycles. The molecular formula is C18H34. The second kappa shape index (κ2) is 8.23. The van der Waals surface area contributed by atoms with Crippen LogP contribution in [0.1, 0.15) is 96.8 Å². The quantitative estimate of drug-likeness (QED) is 0.515. The van der Waals surface area contributed by atoms with E-state index in [1.807, 2.05) is 0 Å². The minimum Gasteiger partial charge on any atom is -0.0654 e. The summed E-state index contributed by atoms with van der Waals surface area (Å²) < 4.78 is 0.